The zero-order valence-corrected chi connectivity index (χ0v) is 18.7. The molecule has 2 aromatic carbocycles. The molecule has 0 aliphatic rings. The number of benzene rings is 2. The Morgan fingerprint density at radius 2 is 1.91 bits per heavy atom. The third-order valence-corrected chi connectivity index (χ3v) is 6.33. The Hall–Kier alpha value is -2.74. The number of carbonyl (C=O) groups excluding carboxylic acids is 1. The fourth-order valence-electron chi connectivity index (χ4n) is 3.33. The second-order valence-corrected chi connectivity index (χ2v) is 8.51. The number of esters is 1. The largest absolute Gasteiger partial charge is 0.493 e. The minimum atomic E-state index is -1.05. The normalized spacial score (nSPS) is 13.4. The van der Waals surface area contributed by atoms with Gasteiger partial charge in [0, 0.05) is 22.4 Å². The van der Waals surface area contributed by atoms with Crippen LogP contribution in [0.1, 0.15) is 29.7 Å². The second-order valence-electron chi connectivity index (χ2n) is 7.37. The van der Waals surface area contributed by atoms with E-state index in [4.69, 9.17) is 4.74 Å². The van der Waals surface area contributed by atoms with Gasteiger partial charge in [-0.3, -0.25) is 4.79 Å². The second kappa shape index (κ2) is 11.8. The van der Waals surface area contributed by atoms with Gasteiger partial charge in [-0.15, -0.1) is 11.3 Å². The molecule has 3 aromatic rings. The van der Waals surface area contributed by atoms with E-state index in [2.05, 4.69) is 4.74 Å². The van der Waals surface area contributed by atoms with Gasteiger partial charge in [0.05, 0.1) is 25.9 Å². The Balaban J connectivity index is 1.66. The molecule has 0 saturated carbocycles. The monoisotopic (exact) mass is 458 g/mol. The molecule has 0 radical (unpaired) electrons. The number of ether oxygens (including phenoxy) is 2. The topological polar surface area (TPSA) is 76.0 Å². The quantitative estimate of drug-likeness (QED) is 0.406. The number of carbonyl (C=O) groups is 1. The summed E-state index contributed by atoms with van der Waals surface area (Å²) in [6.07, 6.45) is 2.99. The summed E-state index contributed by atoms with van der Waals surface area (Å²) in [6.45, 7) is 0.429. The van der Waals surface area contributed by atoms with Crippen molar-refractivity contribution in [1.82, 2.24) is 0 Å². The molecule has 7 heteroatoms. The van der Waals surface area contributed by atoms with E-state index >= 15 is 0 Å². The average Bonchev–Trinajstić information content (AvgIpc) is 3.15. The molecule has 0 amide bonds. The van der Waals surface area contributed by atoms with Crippen LogP contribution in [-0.4, -0.2) is 42.1 Å². The molecule has 1 heterocycles. The van der Waals surface area contributed by atoms with E-state index in [1.54, 1.807) is 29.5 Å². The number of thiophene rings is 1. The van der Waals surface area contributed by atoms with E-state index in [9.17, 15) is 19.4 Å². The van der Waals surface area contributed by atoms with Crippen LogP contribution in [0, 0.1) is 5.82 Å². The van der Waals surface area contributed by atoms with Gasteiger partial charge >= 0.3 is 5.97 Å². The number of methoxy groups -OCH3 is 1. The number of hydrogen-bond donors (Lipinski definition) is 2. The molecule has 5 nitrogen and oxygen atoms in total. The summed E-state index contributed by atoms with van der Waals surface area (Å²) in [5.41, 5.74) is 0.981. The highest BCUT2D eigenvalue weighted by atomic mass is 32.1. The maximum Gasteiger partial charge on any atom is 0.305 e. The standard InChI is InChI=1S/C25H27FO5S/c1-30-25(29)8-4-6-21(27)22(28)14-13-20-19-5-2-3-7-23(19)32-24(20)15-16-31-18-11-9-17(26)10-12-18/h2-3,5,7,9-14,21-22,27-28H,4,6,8,15-16H2,1H3/b14-13+/t21-,22+/m0/s1. The third kappa shape index (κ3) is 6.63. The number of aliphatic hydroxyl groups excluding tert-OH is 2. The van der Waals surface area contributed by atoms with Gasteiger partial charge in [0.15, 0.2) is 0 Å². The van der Waals surface area contributed by atoms with E-state index in [-0.39, 0.29) is 18.2 Å². The minimum absolute atomic E-state index is 0.206. The summed E-state index contributed by atoms with van der Waals surface area (Å²) in [6, 6.07) is 13.9. The fraction of sp³-hybridized carbons (Fsp3) is 0.320. The zero-order chi connectivity index (χ0) is 22.9. The van der Waals surface area contributed by atoms with Crippen molar-refractivity contribution in [3.05, 3.63) is 70.9 Å². The van der Waals surface area contributed by atoms with E-state index in [1.165, 1.54) is 19.2 Å². The summed E-state index contributed by atoms with van der Waals surface area (Å²) < 4.78 is 24.5. The van der Waals surface area contributed by atoms with Gasteiger partial charge in [-0.05, 0) is 54.1 Å². The molecule has 0 aliphatic heterocycles. The van der Waals surface area contributed by atoms with Crippen LogP contribution >= 0.6 is 11.3 Å². The molecule has 0 fully saturated rings. The lowest BCUT2D eigenvalue weighted by Gasteiger charge is -2.14. The van der Waals surface area contributed by atoms with Crippen LogP contribution in [0.2, 0.25) is 0 Å². The van der Waals surface area contributed by atoms with Crippen LogP contribution in [-0.2, 0) is 16.0 Å². The number of hydrogen-bond acceptors (Lipinski definition) is 6. The lowest BCUT2D eigenvalue weighted by Crippen LogP contribution is -2.23. The molecule has 32 heavy (non-hydrogen) atoms. The number of aliphatic hydroxyl groups is 2. The molecular weight excluding hydrogens is 431 g/mol. The van der Waals surface area contributed by atoms with Crippen LogP contribution in [0.3, 0.4) is 0 Å². The maximum absolute atomic E-state index is 13.1. The summed E-state index contributed by atoms with van der Waals surface area (Å²) in [7, 11) is 1.32. The Morgan fingerprint density at radius 3 is 2.66 bits per heavy atom. The lowest BCUT2D eigenvalue weighted by atomic mass is 10.0. The highest BCUT2D eigenvalue weighted by molar-refractivity contribution is 7.19. The molecule has 0 aliphatic carbocycles. The van der Waals surface area contributed by atoms with Crippen LogP contribution < -0.4 is 4.74 Å². The van der Waals surface area contributed by atoms with Crippen molar-refractivity contribution in [3.8, 4) is 5.75 Å². The number of rotatable bonds is 11. The van der Waals surface area contributed by atoms with Crippen LogP contribution in [0.5, 0.6) is 5.75 Å². The molecule has 0 unspecified atom stereocenters. The van der Waals surface area contributed by atoms with Crippen molar-refractivity contribution in [2.75, 3.05) is 13.7 Å². The van der Waals surface area contributed by atoms with Crippen molar-refractivity contribution in [2.24, 2.45) is 0 Å². The van der Waals surface area contributed by atoms with Crippen LogP contribution in [0.15, 0.2) is 54.6 Å². The van der Waals surface area contributed by atoms with Crippen molar-refractivity contribution in [3.63, 3.8) is 0 Å². The van der Waals surface area contributed by atoms with E-state index in [0.717, 1.165) is 20.5 Å². The molecule has 170 valence electrons. The first-order valence-electron chi connectivity index (χ1n) is 10.5. The van der Waals surface area contributed by atoms with Crippen LogP contribution in [0.25, 0.3) is 16.2 Å². The van der Waals surface area contributed by atoms with Gasteiger partial charge in [-0.1, -0.05) is 30.4 Å². The predicted molar refractivity (Wildman–Crippen MR) is 124 cm³/mol. The first kappa shape index (κ1) is 23.9. The first-order valence-corrected chi connectivity index (χ1v) is 11.3. The molecular formula is C25H27FO5S. The SMILES string of the molecule is COC(=O)CCC[C@H](O)[C@H](O)/C=C/c1c(CCOc2ccc(F)cc2)sc2ccccc12. The first-order chi connectivity index (χ1) is 15.5. The fourth-order valence-corrected chi connectivity index (χ4v) is 4.50. The van der Waals surface area contributed by atoms with Gasteiger partial charge in [0.25, 0.3) is 0 Å². The van der Waals surface area contributed by atoms with Gasteiger partial charge in [0.2, 0.25) is 0 Å². The highest BCUT2D eigenvalue weighted by Crippen LogP contribution is 2.33. The highest BCUT2D eigenvalue weighted by Gasteiger charge is 2.15. The van der Waals surface area contributed by atoms with Gasteiger partial charge in [-0.2, -0.15) is 0 Å². The summed E-state index contributed by atoms with van der Waals surface area (Å²) in [5.74, 6) is -0.0325. The molecule has 0 spiro atoms. The molecule has 0 bridgehead atoms. The van der Waals surface area contributed by atoms with Crippen LogP contribution in [0.4, 0.5) is 4.39 Å². The number of fused-ring (bicyclic) bond motifs is 1. The molecule has 2 atom stereocenters. The van der Waals surface area contributed by atoms with Crippen molar-refractivity contribution in [2.45, 2.75) is 37.9 Å². The summed E-state index contributed by atoms with van der Waals surface area (Å²) in [5, 5.41) is 21.6. The van der Waals surface area contributed by atoms with Gasteiger partial charge < -0.3 is 19.7 Å². The average molecular weight is 459 g/mol. The van der Waals surface area contributed by atoms with Gasteiger partial charge in [0.1, 0.15) is 11.6 Å². The van der Waals surface area contributed by atoms with Crippen molar-refractivity contribution < 1.29 is 28.9 Å². The van der Waals surface area contributed by atoms with Crippen molar-refractivity contribution in [1.29, 1.82) is 0 Å². The Labute approximate surface area is 190 Å². The molecule has 2 N–H and O–H groups in total. The van der Waals surface area contributed by atoms with E-state index in [0.29, 0.717) is 31.6 Å². The minimum Gasteiger partial charge on any atom is -0.493 e. The Bertz CT molecular complexity index is 1040. The summed E-state index contributed by atoms with van der Waals surface area (Å²) in [4.78, 5) is 12.3. The Kier molecular flexibility index (Phi) is 8.79. The van der Waals surface area contributed by atoms with Gasteiger partial charge in [-0.25, -0.2) is 4.39 Å². The van der Waals surface area contributed by atoms with E-state index in [1.807, 2.05) is 30.3 Å². The predicted octanol–water partition coefficient (Wildman–Crippen LogP) is 4.74. The third-order valence-electron chi connectivity index (χ3n) is 5.09. The smallest absolute Gasteiger partial charge is 0.305 e. The lowest BCUT2D eigenvalue weighted by molar-refractivity contribution is -0.140. The molecule has 1 aromatic heterocycles. The number of halogens is 1. The molecule has 3 rings (SSSR count). The summed E-state index contributed by atoms with van der Waals surface area (Å²) >= 11 is 1.65. The van der Waals surface area contributed by atoms with Crippen molar-refractivity contribution >= 4 is 33.5 Å². The van der Waals surface area contributed by atoms with E-state index < -0.39 is 12.2 Å². The zero-order valence-electron chi connectivity index (χ0n) is 17.9. The Morgan fingerprint density at radius 1 is 1.16 bits per heavy atom. The maximum atomic E-state index is 13.1. The molecule has 0 saturated heterocycles.